The Morgan fingerprint density at radius 2 is 1.71 bits per heavy atom. The highest BCUT2D eigenvalue weighted by molar-refractivity contribution is 5.98. The summed E-state index contributed by atoms with van der Waals surface area (Å²) in [4.78, 5) is 65.3. The van der Waals surface area contributed by atoms with Crippen LogP contribution >= 0.6 is 0 Å². The molecule has 12 rings (SSSR count). The van der Waals surface area contributed by atoms with E-state index in [2.05, 4.69) is 33.3 Å². The number of benzene rings is 3. The first kappa shape index (κ1) is 45.1. The van der Waals surface area contributed by atoms with Crippen LogP contribution in [0.25, 0.3) is 22.3 Å². The van der Waals surface area contributed by atoms with Crippen molar-refractivity contribution in [2.24, 2.45) is 11.3 Å². The third-order valence-electron chi connectivity index (χ3n) is 16.0. The maximum atomic E-state index is 15.4. The van der Waals surface area contributed by atoms with Gasteiger partial charge in [0.1, 0.15) is 30.0 Å². The number of amides is 2. The van der Waals surface area contributed by atoms with E-state index in [1.54, 1.807) is 23.3 Å². The zero-order chi connectivity index (χ0) is 48.2. The van der Waals surface area contributed by atoms with Gasteiger partial charge >= 0.3 is 12.1 Å². The highest BCUT2D eigenvalue weighted by atomic mass is 19.1. The number of ether oxygens (including phenoxy) is 2. The number of nitrogens with one attached hydrogen (secondary N) is 1. The van der Waals surface area contributed by atoms with Crippen LogP contribution in [0.3, 0.4) is 0 Å². The predicted octanol–water partition coefficient (Wildman–Crippen LogP) is 7.63. The molecule has 2 saturated heterocycles. The van der Waals surface area contributed by atoms with E-state index in [1.807, 2.05) is 26.8 Å². The van der Waals surface area contributed by atoms with Gasteiger partial charge < -0.3 is 39.4 Å². The normalized spacial score (nSPS) is 21.0. The second kappa shape index (κ2) is 17.0. The van der Waals surface area contributed by atoms with Crippen molar-refractivity contribution >= 4 is 28.9 Å². The second-order valence-corrected chi connectivity index (χ2v) is 20.5. The molecule has 2 atom stereocenters. The first-order valence-electron chi connectivity index (χ1n) is 24.7. The Morgan fingerprint density at radius 3 is 2.48 bits per heavy atom. The van der Waals surface area contributed by atoms with Crippen LogP contribution in [0, 0.1) is 31.0 Å². The zero-order valence-electron chi connectivity index (χ0n) is 39.9. The fourth-order valence-corrected chi connectivity index (χ4v) is 12.6. The summed E-state index contributed by atoms with van der Waals surface area (Å²) in [5, 5.41) is 24.3. The quantitative estimate of drug-likeness (QED) is 0.129. The van der Waals surface area contributed by atoms with Crippen LogP contribution < -0.4 is 10.9 Å². The zero-order valence-corrected chi connectivity index (χ0v) is 39.9. The van der Waals surface area contributed by atoms with Crippen LogP contribution in [0.15, 0.2) is 47.3 Å². The third kappa shape index (κ3) is 7.54. The van der Waals surface area contributed by atoms with E-state index in [9.17, 15) is 29.4 Å². The number of rotatable bonds is 8. The molecule has 1 saturated carbocycles. The van der Waals surface area contributed by atoms with Gasteiger partial charge in [0.15, 0.2) is 0 Å². The highest BCUT2D eigenvalue weighted by Gasteiger charge is 2.54. The number of aromatic nitrogens is 2. The number of esters is 1. The van der Waals surface area contributed by atoms with Gasteiger partial charge in [0.25, 0.3) is 11.5 Å². The number of alkyl carbamates (subject to hydrolysis) is 1. The summed E-state index contributed by atoms with van der Waals surface area (Å²) in [6.45, 7) is 16.5. The highest BCUT2D eigenvalue weighted by Crippen LogP contribution is 2.51. The minimum Gasteiger partial charge on any atom is -0.508 e. The Bertz CT molecular complexity index is 3060. The van der Waals surface area contributed by atoms with Gasteiger partial charge in [0, 0.05) is 80.9 Å². The molecule has 3 N–H and O–H groups in total. The van der Waals surface area contributed by atoms with Crippen molar-refractivity contribution in [3.05, 3.63) is 120 Å². The number of cyclic esters (lactones) is 1. The van der Waals surface area contributed by atoms with Crippen molar-refractivity contribution in [2.75, 3.05) is 32.7 Å². The summed E-state index contributed by atoms with van der Waals surface area (Å²) in [6.07, 6.45) is 2.63. The molecule has 360 valence electrons. The van der Waals surface area contributed by atoms with Crippen LogP contribution in [0.1, 0.15) is 124 Å². The molecular formula is C54H59FN6O8. The van der Waals surface area contributed by atoms with Crippen LogP contribution in [0.4, 0.5) is 9.18 Å². The maximum absolute atomic E-state index is 15.4. The Balaban J connectivity index is 0.00000257. The number of hydrogen-bond acceptors (Lipinski definition) is 11. The van der Waals surface area contributed by atoms with Gasteiger partial charge in [0.05, 0.1) is 46.5 Å². The number of carbonyl (C=O) groups excluding carboxylic acids is 3. The molecule has 5 aliphatic heterocycles. The summed E-state index contributed by atoms with van der Waals surface area (Å²) >= 11 is 0. The lowest BCUT2D eigenvalue weighted by Gasteiger charge is -2.59. The van der Waals surface area contributed by atoms with Crippen LogP contribution in [0.5, 0.6) is 11.5 Å². The standard InChI is InChI=1S/C52H53FN6O8.C2H6/c1-4-33-35-11-42-47-37(22-59(42)49(63)38(35)23-66-50(33)64)46-40(8-7-34-27(3)39(53)12-41(54-47)45(34)46)55-51(65)67-32-14-52(15-32)24-57(25-52)19-29-17-56(18-29)16-28-5-6-30-20-58(21-31(30)10-28)48(62)36-9-26(2)43(60)13-44(36)61;1-2/h5-6,9-13,29,32-33,40,60-61H,4,7-8,14-25H2,1-3H3,(H,55,65);1-2H3. The fourth-order valence-electron chi connectivity index (χ4n) is 12.6. The molecule has 0 bridgehead atoms. The number of phenolic OH excluding ortho intramolecular Hbond substituents is 2. The molecule has 69 heavy (non-hydrogen) atoms. The molecular weight excluding hydrogens is 880 g/mol. The number of fused-ring (bicyclic) bond motifs is 6. The van der Waals surface area contributed by atoms with Gasteiger partial charge in [-0.1, -0.05) is 39.0 Å². The van der Waals surface area contributed by atoms with Gasteiger partial charge in [-0.3, -0.25) is 19.3 Å². The Morgan fingerprint density at radius 1 is 0.942 bits per heavy atom. The number of nitrogens with zero attached hydrogens (tertiary/aromatic N) is 5. The summed E-state index contributed by atoms with van der Waals surface area (Å²) in [5.74, 6) is -1.14. The molecule has 3 aromatic carbocycles. The van der Waals surface area contributed by atoms with Gasteiger partial charge in [-0.25, -0.2) is 14.2 Å². The summed E-state index contributed by atoms with van der Waals surface area (Å²) in [5.41, 5.74) is 10.1. The minimum absolute atomic E-state index is 0.0378. The number of aryl methyl sites for hydroxylation is 2. The molecule has 2 unspecified atom stereocenters. The Kier molecular flexibility index (Phi) is 11.1. The topological polar surface area (TPSA) is 167 Å². The summed E-state index contributed by atoms with van der Waals surface area (Å²) in [6, 6.07) is 12.1. The number of pyridine rings is 2. The van der Waals surface area contributed by atoms with Gasteiger partial charge in [-0.15, -0.1) is 0 Å². The van der Waals surface area contributed by atoms with E-state index in [1.165, 1.54) is 23.8 Å². The summed E-state index contributed by atoms with van der Waals surface area (Å²) < 4.78 is 28.5. The largest absolute Gasteiger partial charge is 0.508 e. The molecule has 2 amide bonds. The van der Waals surface area contributed by atoms with Gasteiger partial charge in [0.2, 0.25) is 0 Å². The molecule has 1 spiro atoms. The van der Waals surface area contributed by atoms with Crippen molar-refractivity contribution < 1.29 is 38.5 Å². The van der Waals surface area contributed by atoms with Crippen molar-refractivity contribution in [2.45, 2.75) is 118 Å². The second-order valence-electron chi connectivity index (χ2n) is 20.5. The Hall–Kier alpha value is -6.32. The first-order valence-corrected chi connectivity index (χ1v) is 24.7. The first-order chi connectivity index (χ1) is 33.2. The molecule has 0 radical (unpaired) electrons. The molecule has 7 heterocycles. The van der Waals surface area contributed by atoms with E-state index in [0.717, 1.165) is 85.3 Å². The SMILES string of the molecule is CC.CCC1C(=O)OCc2c1cc1n(c2=O)Cc2c-1nc1cc(F)c(C)c3c1c2C(NC(=O)OC1CC2(C1)CN(CC1CN(Cc4ccc5c(c4)CN(C(=O)c4cc(C)c(O)cc4O)C5)C1)C2)CC3. The number of phenols is 2. The average molecular weight is 939 g/mol. The third-order valence-corrected chi connectivity index (χ3v) is 16.0. The number of halogens is 1. The lowest BCUT2D eigenvalue weighted by Crippen LogP contribution is -2.66. The molecule has 2 aliphatic carbocycles. The van der Waals surface area contributed by atoms with Crippen molar-refractivity contribution in [3.63, 3.8) is 0 Å². The molecule has 7 aliphatic rings. The van der Waals surface area contributed by atoms with Gasteiger partial charge in [-0.05, 0) is 109 Å². The van der Waals surface area contributed by atoms with Crippen LogP contribution in [-0.2, 0) is 53.5 Å². The molecule has 14 nitrogen and oxygen atoms in total. The lowest BCUT2D eigenvalue weighted by atomic mass is 9.61. The average Bonchev–Trinajstić information content (AvgIpc) is 3.89. The number of carbonyl (C=O) groups is 3. The monoisotopic (exact) mass is 938 g/mol. The predicted molar refractivity (Wildman–Crippen MR) is 255 cm³/mol. The van der Waals surface area contributed by atoms with Crippen molar-refractivity contribution in [1.29, 1.82) is 0 Å². The van der Waals surface area contributed by atoms with E-state index >= 15 is 4.39 Å². The molecule has 2 aromatic heterocycles. The smallest absolute Gasteiger partial charge is 0.407 e. The number of aromatic hydroxyl groups is 2. The maximum Gasteiger partial charge on any atom is 0.407 e. The van der Waals surface area contributed by atoms with Gasteiger partial charge in [-0.2, -0.15) is 0 Å². The van der Waals surface area contributed by atoms with E-state index in [4.69, 9.17) is 14.5 Å². The van der Waals surface area contributed by atoms with Crippen LogP contribution in [0.2, 0.25) is 0 Å². The van der Waals surface area contributed by atoms with Crippen molar-refractivity contribution in [1.82, 2.24) is 29.6 Å². The Labute approximate surface area is 400 Å². The minimum atomic E-state index is -0.546. The molecule has 5 aromatic rings. The van der Waals surface area contributed by atoms with E-state index in [-0.39, 0.29) is 65.0 Å². The lowest BCUT2D eigenvalue weighted by molar-refractivity contribution is -0.148. The van der Waals surface area contributed by atoms with E-state index < -0.39 is 18.1 Å². The summed E-state index contributed by atoms with van der Waals surface area (Å²) in [7, 11) is 0. The van der Waals surface area contributed by atoms with Crippen LogP contribution in [-0.4, -0.2) is 91.3 Å². The van der Waals surface area contributed by atoms with Crippen molar-refractivity contribution in [3.8, 4) is 22.9 Å². The fraction of sp³-hybridized carbons (Fsp3) is 0.463. The number of hydrogen-bond donors (Lipinski definition) is 3. The molecule has 3 fully saturated rings. The van der Waals surface area contributed by atoms with E-state index in [0.29, 0.717) is 77.4 Å². The number of likely N-dealkylation sites (tertiary alicyclic amines) is 2. The molecule has 15 heteroatoms.